The zero-order chi connectivity index (χ0) is 14.2. The van der Waals surface area contributed by atoms with Crippen LogP contribution in [-0.2, 0) is 0 Å². The van der Waals surface area contributed by atoms with Crippen LogP contribution < -0.4 is 10.6 Å². The lowest BCUT2D eigenvalue weighted by Gasteiger charge is -2.45. The van der Waals surface area contributed by atoms with Gasteiger partial charge in [0.15, 0.2) is 0 Å². The quantitative estimate of drug-likeness (QED) is 0.614. The molecule has 2 rings (SSSR count). The van der Waals surface area contributed by atoms with E-state index in [2.05, 4.69) is 28.7 Å². The zero-order valence-electron chi connectivity index (χ0n) is 11.3. The van der Waals surface area contributed by atoms with Gasteiger partial charge in [0.2, 0.25) is 11.6 Å². The smallest absolute Gasteiger partial charge is 0.353 e. The molecule has 104 valence electrons. The summed E-state index contributed by atoms with van der Waals surface area (Å²) in [6.45, 7) is 6.33. The van der Waals surface area contributed by atoms with Crippen LogP contribution in [0.4, 0.5) is 17.3 Å². The van der Waals surface area contributed by atoms with Crippen LogP contribution in [0.15, 0.2) is 6.33 Å². The van der Waals surface area contributed by atoms with E-state index in [0.29, 0.717) is 18.9 Å². The molecule has 1 aliphatic rings. The number of piperazine rings is 1. The fourth-order valence-corrected chi connectivity index (χ4v) is 2.21. The van der Waals surface area contributed by atoms with Gasteiger partial charge in [0.05, 0.1) is 4.92 Å². The monoisotopic (exact) mass is 266 g/mol. The molecule has 1 fully saturated rings. The first-order valence-corrected chi connectivity index (χ1v) is 6.04. The number of hydrogen-bond donors (Lipinski definition) is 1. The first kappa shape index (κ1) is 13.5. The second kappa shape index (κ2) is 4.61. The van der Waals surface area contributed by atoms with Crippen LogP contribution in [0.2, 0.25) is 0 Å². The number of anilines is 2. The molecule has 0 atom stereocenters. The molecule has 2 heterocycles. The fourth-order valence-electron chi connectivity index (χ4n) is 2.21. The zero-order valence-corrected chi connectivity index (χ0v) is 11.3. The molecule has 8 heteroatoms. The number of aromatic nitrogens is 2. The Bertz CT molecular complexity index is 504. The Morgan fingerprint density at radius 3 is 2.68 bits per heavy atom. The van der Waals surface area contributed by atoms with Crippen molar-refractivity contribution in [1.29, 1.82) is 0 Å². The minimum Gasteiger partial charge on any atom is -0.378 e. The Hall–Kier alpha value is -1.96. The van der Waals surface area contributed by atoms with Crippen LogP contribution >= 0.6 is 0 Å². The maximum atomic E-state index is 11.1. The van der Waals surface area contributed by atoms with Crippen molar-refractivity contribution in [3.8, 4) is 0 Å². The van der Waals surface area contributed by atoms with Gasteiger partial charge in [0.1, 0.15) is 6.33 Å². The van der Waals surface area contributed by atoms with Crippen LogP contribution in [0.5, 0.6) is 0 Å². The second-order valence-corrected chi connectivity index (χ2v) is 5.34. The summed E-state index contributed by atoms with van der Waals surface area (Å²) in [6.07, 6.45) is 1.27. The molecule has 0 bridgehead atoms. The third-order valence-corrected chi connectivity index (χ3v) is 3.63. The van der Waals surface area contributed by atoms with E-state index in [0.717, 1.165) is 6.54 Å². The average molecular weight is 266 g/mol. The van der Waals surface area contributed by atoms with E-state index < -0.39 is 4.92 Å². The van der Waals surface area contributed by atoms with Crippen LogP contribution in [-0.4, -0.2) is 52.0 Å². The topological polar surface area (TPSA) is 101 Å². The van der Waals surface area contributed by atoms with Crippen molar-refractivity contribution in [2.45, 2.75) is 19.4 Å². The predicted octanol–water partition coefficient (Wildman–Crippen LogP) is 0.497. The van der Waals surface area contributed by atoms with E-state index >= 15 is 0 Å². The SMILES string of the molecule is CN1CCN(c2ncnc(N)c2[N+](=O)[O-])CC1(C)C. The fraction of sp³-hybridized carbons (Fsp3) is 0.636. The standard InChI is InChI=1S/C11H18N6O2/c1-11(2)6-16(5-4-15(11)3)10-8(17(18)19)9(12)13-7-14-10/h7H,4-6H2,1-3H3,(H2,12,13,14). The molecule has 1 saturated heterocycles. The van der Waals surface area contributed by atoms with Gasteiger partial charge in [-0.05, 0) is 20.9 Å². The van der Waals surface area contributed by atoms with Crippen molar-refractivity contribution in [2.24, 2.45) is 0 Å². The second-order valence-electron chi connectivity index (χ2n) is 5.34. The Labute approximate surface area is 111 Å². The van der Waals surface area contributed by atoms with E-state index in [1.54, 1.807) is 0 Å². The summed E-state index contributed by atoms with van der Waals surface area (Å²) in [5.74, 6) is 0.213. The number of rotatable bonds is 2. The van der Waals surface area contributed by atoms with Gasteiger partial charge in [-0.15, -0.1) is 0 Å². The average Bonchev–Trinajstić information content (AvgIpc) is 2.31. The Morgan fingerprint density at radius 1 is 1.42 bits per heavy atom. The molecule has 0 radical (unpaired) electrons. The molecule has 8 nitrogen and oxygen atoms in total. The molecule has 1 aliphatic heterocycles. The summed E-state index contributed by atoms with van der Waals surface area (Å²) >= 11 is 0. The number of nitro groups is 1. The van der Waals surface area contributed by atoms with Crippen molar-refractivity contribution in [3.63, 3.8) is 0 Å². The van der Waals surface area contributed by atoms with Gasteiger partial charge in [-0.3, -0.25) is 15.0 Å². The summed E-state index contributed by atoms with van der Waals surface area (Å²) in [5, 5.41) is 11.1. The van der Waals surface area contributed by atoms with Gasteiger partial charge >= 0.3 is 5.69 Å². The minimum absolute atomic E-state index is 0.0775. The lowest BCUT2D eigenvalue weighted by atomic mass is 10.00. The van der Waals surface area contributed by atoms with Crippen molar-refractivity contribution in [2.75, 3.05) is 37.3 Å². The first-order chi connectivity index (χ1) is 8.83. The number of likely N-dealkylation sites (N-methyl/N-ethyl adjacent to an activating group) is 1. The summed E-state index contributed by atoms with van der Waals surface area (Å²) in [6, 6.07) is 0. The summed E-state index contributed by atoms with van der Waals surface area (Å²) in [5.41, 5.74) is 5.31. The van der Waals surface area contributed by atoms with E-state index in [9.17, 15) is 10.1 Å². The van der Waals surface area contributed by atoms with Crippen LogP contribution in [0.1, 0.15) is 13.8 Å². The lowest BCUT2D eigenvalue weighted by molar-refractivity contribution is -0.383. The molecule has 0 aliphatic carbocycles. The third-order valence-electron chi connectivity index (χ3n) is 3.63. The van der Waals surface area contributed by atoms with Gasteiger partial charge < -0.3 is 10.6 Å². The van der Waals surface area contributed by atoms with Gasteiger partial charge in [0.25, 0.3) is 0 Å². The van der Waals surface area contributed by atoms with Gasteiger partial charge in [-0.2, -0.15) is 0 Å². The van der Waals surface area contributed by atoms with Crippen molar-refractivity contribution >= 4 is 17.3 Å². The number of hydrogen-bond acceptors (Lipinski definition) is 7. The van der Waals surface area contributed by atoms with E-state index in [-0.39, 0.29) is 17.0 Å². The lowest BCUT2D eigenvalue weighted by Crippen LogP contribution is -2.58. The summed E-state index contributed by atoms with van der Waals surface area (Å²) < 4.78 is 0. The molecule has 0 unspecified atom stereocenters. The molecular formula is C11H18N6O2. The molecule has 1 aromatic rings. The number of nitrogen functional groups attached to an aromatic ring is 1. The van der Waals surface area contributed by atoms with Crippen LogP contribution in [0.3, 0.4) is 0 Å². The minimum atomic E-state index is -0.518. The largest absolute Gasteiger partial charge is 0.378 e. The van der Waals surface area contributed by atoms with Crippen molar-refractivity contribution < 1.29 is 4.92 Å². The molecule has 0 aromatic carbocycles. The highest BCUT2D eigenvalue weighted by atomic mass is 16.6. The van der Waals surface area contributed by atoms with Crippen LogP contribution in [0, 0.1) is 10.1 Å². The maximum Gasteiger partial charge on any atom is 0.353 e. The number of nitrogens with zero attached hydrogens (tertiary/aromatic N) is 5. The van der Waals surface area contributed by atoms with Crippen molar-refractivity contribution in [3.05, 3.63) is 16.4 Å². The molecule has 1 aromatic heterocycles. The highest BCUT2D eigenvalue weighted by Crippen LogP contribution is 2.32. The molecule has 0 amide bonds. The highest BCUT2D eigenvalue weighted by Gasteiger charge is 2.35. The highest BCUT2D eigenvalue weighted by molar-refractivity contribution is 5.68. The predicted molar refractivity (Wildman–Crippen MR) is 72.0 cm³/mol. The Balaban J connectivity index is 2.38. The van der Waals surface area contributed by atoms with Crippen LogP contribution in [0.25, 0.3) is 0 Å². The number of nitrogens with two attached hydrogens (primary N) is 1. The molecule has 2 N–H and O–H groups in total. The molecule has 0 spiro atoms. The first-order valence-electron chi connectivity index (χ1n) is 6.04. The van der Waals surface area contributed by atoms with E-state index in [4.69, 9.17) is 5.73 Å². The van der Waals surface area contributed by atoms with Crippen molar-refractivity contribution in [1.82, 2.24) is 14.9 Å². The van der Waals surface area contributed by atoms with Gasteiger partial charge in [0, 0.05) is 25.2 Å². The third kappa shape index (κ3) is 2.43. The summed E-state index contributed by atoms with van der Waals surface area (Å²) in [7, 11) is 2.04. The van der Waals surface area contributed by atoms with Gasteiger partial charge in [-0.25, -0.2) is 9.97 Å². The molecular weight excluding hydrogens is 248 g/mol. The molecule has 0 saturated carbocycles. The maximum absolute atomic E-state index is 11.1. The van der Waals surface area contributed by atoms with E-state index in [1.165, 1.54) is 6.33 Å². The normalized spacial score (nSPS) is 19.4. The van der Waals surface area contributed by atoms with Gasteiger partial charge in [-0.1, -0.05) is 0 Å². The molecule has 19 heavy (non-hydrogen) atoms. The Morgan fingerprint density at radius 2 is 2.11 bits per heavy atom. The Kier molecular flexibility index (Phi) is 3.27. The summed E-state index contributed by atoms with van der Waals surface area (Å²) in [4.78, 5) is 22.5. The van der Waals surface area contributed by atoms with E-state index in [1.807, 2.05) is 11.9 Å².